The van der Waals surface area contributed by atoms with E-state index >= 15 is 0 Å². The third-order valence-electron chi connectivity index (χ3n) is 6.50. The van der Waals surface area contributed by atoms with Crippen LogP contribution in [0.4, 0.5) is 4.79 Å². The number of hydrogen-bond donors (Lipinski definition) is 1. The van der Waals surface area contributed by atoms with E-state index in [1.165, 1.54) is 37.6 Å². The molecule has 5 rings (SSSR count). The fourth-order valence-electron chi connectivity index (χ4n) is 4.91. The van der Waals surface area contributed by atoms with Gasteiger partial charge in [0, 0.05) is 25.0 Å². The Morgan fingerprint density at radius 3 is 2.72 bits per heavy atom. The highest BCUT2D eigenvalue weighted by Crippen LogP contribution is 2.35. The summed E-state index contributed by atoms with van der Waals surface area (Å²) >= 11 is 1.49. The van der Waals surface area contributed by atoms with E-state index in [1.807, 2.05) is 13.0 Å². The molecule has 0 bridgehead atoms. The van der Waals surface area contributed by atoms with Gasteiger partial charge in [0.05, 0.1) is 16.6 Å². The number of aromatic nitrogens is 2. The number of fused-ring (bicyclic) bond motifs is 2. The van der Waals surface area contributed by atoms with Crippen molar-refractivity contribution in [1.29, 1.82) is 0 Å². The predicted molar refractivity (Wildman–Crippen MR) is 109 cm³/mol. The molecule has 4 amide bonds. The molecule has 8 nitrogen and oxygen atoms in total. The smallest absolute Gasteiger partial charge is 0.327 e. The van der Waals surface area contributed by atoms with Crippen molar-refractivity contribution in [1.82, 2.24) is 24.9 Å². The van der Waals surface area contributed by atoms with Crippen LogP contribution in [0.3, 0.4) is 0 Å². The molecule has 29 heavy (non-hydrogen) atoms. The van der Waals surface area contributed by atoms with Crippen LogP contribution in [0, 0.1) is 6.92 Å². The number of amides is 4. The predicted octanol–water partition coefficient (Wildman–Crippen LogP) is 2.68. The largest absolute Gasteiger partial charge is 0.347 e. The first-order valence-corrected chi connectivity index (χ1v) is 11.1. The maximum Gasteiger partial charge on any atom is 0.327 e. The number of carbonyl (C=O) groups is 3. The van der Waals surface area contributed by atoms with Gasteiger partial charge in [-0.2, -0.15) is 5.10 Å². The number of thiophene rings is 1. The summed E-state index contributed by atoms with van der Waals surface area (Å²) in [6, 6.07) is 1.43. The van der Waals surface area contributed by atoms with Crippen LogP contribution in [-0.2, 0) is 4.79 Å². The van der Waals surface area contributed by atoms with Crippen LogP contribution in [0.2, 0.25) is 0 Å². The molecule has 4 heterocycles. The van der Waals surface area contributed by atoms with Crippen LogP contribution >= 0.6 is 11.3 Å². The number of carbonyl (C=O) groups excluding carboxylic acids is 3. The Hall–Kier alpha value is -2.42. The highest BCUT2D eigenvalue weighted by atomic mass is 32.1. The summed E-state index contributed by atoms with van der Waals surface area (Å²) in [5.74, 6) is -0.322. The fraction of sp³-hybridized carbons (Fsp3) is 0.600. The van der Waals surface area contributed by atoms with Crippen LogP contribution in [0.25, 0.3) is 10.2 Å². The summed E-state index contributed by atoms with van der Waals surface area (Å²) in [5.41, 5.74) is 0.960. The topological polar surface area (TPSA) is 87.5 Å². The molecule has 0 spiro atoms. The Morgan fingerprint density at radius 2 is 2.00 bits per heavy atom. The van der Waals surface area contributed by atoms with Crippen LogP contribution in [-0.4, -0.2) is 63.1 Å². The minimum atomic E-state index is -0.442. The number of imide groups is 1. The van der Waals surface area contributed by atoms with Gasteiger partial charge in [0.1, 0.15) is 10.9 Å². The van der Waals surface area contributed by atoms with Gasteiger partial charge < -0.3 is 10.2 Å². The molecular weight excluding hydrogens is 390 g/mol. The van der Waals surface area contributed by atoms with Crippen molar-refractivity contribution in [3.05, 3.63) is 16.6 Å². The van der Waals surface area contributed by atoms with Crippen molar-refractivity contribution in [3.8, 4) is 0 Å². The molecule has 2 aromatic rings. The summed E-state index contributed by atoms with van der Waals surface area (Å²) in [6.45, 7) is 2.38. The second kappa shape index (κ2) is 6.83. The van der Waals surface area contributed by atoms with Gasteiger partial charge in [0.2, 0.25) is 0 Å². The molecule has 0 aromatic carbocycles. The lowest BCUT2D eigenvalue weighted by molar-refractivity contribution is -0.127. The van der Waals surface area contributed by atoms with E-state index < -0.39 is 6.04 Å². The number of rotatable bonds is 3. The summed E-state index contributed by atoms with van der Waals surface area (Å²) in [5, 5.41) is 8.82. The molecule has 2 aliphatic heterocycles. The quantitative estimate of drug-likeness (QED) is 0.781. The average molecular weight is 416 g/mol. The van der Waals surface area contributed by atoms with Crippen molar-refractivity contribution in [2.75, 3.05) is 13.6 Å². The van der Waals surface area contributed by atoms with E-state index in [0.29, 0.717) is 23.9 Å². The maximum atomic E-state index is 12.9. The minimum Gasteiger partial charge on any atom is -0.347 e. The third kappa shape index (κ3) is 2.94. The Labute approximate surface area is 172 Å². The zero-order valence-electron chi connectivity index (χ0n) is 16.7. The number of nitrogens with zero attached hydrogens (tertiary/aromatic N) is 4. The van der Waals surface area contributed by atoms with E-state index in [9.17, 15) is 14.4 Å². The lowest BCUT2D eigenvalue weighted by atomic mass is 9.96. The first kappa shape index (κ1) is 18.6. The molecule has 3 fully saturated rings. The monoisotopic (exact) mass is 415 g/mol. The van der Waals surface area contributed by atoms with Crippen molar-refractivity contribution in [3.63, 3.8) is 0 Å². The van der Waals surface area contributed by atoms with Crippen molar-refractivity contribution in [2.45, 2.75) is 63.6 Å². The first-order chi connectivity index (χ1) is 13.9. The number of aryl methyl sites for hydroxylation is 1. The number of likely N-dealkylation sites (N-methyl/N-ethyl adjacent to an activating group) is 1. The summed E-state index contributed by atoms with van der Waals surface area (Å²) < 4.78 is 2.13. The maximum absolute atomic E-state index is 12.9. The molecule has 154 valence electrons. The highest BCUT2D eigenvalue weighted by Gasteiger charge is 2.49. The van der Waals surface area contributed by atoms with Crippen LogP contribution in [0.1, 0.15) is 59.9 Å². The molecule has 1 saturated carbocycles. The molecule has 0 unspecified atom stereocenters. The summed E-state index contributed by atoms with van der Waals surface area (Å²) in [7, 11) is 1.51. The number of nitrogens with one attached hydrogen (secondary N) is 1. The standard InChI is InChI=1S/C20H25N5O3S/c1-11-14-9-16(29-19(14)25(22-11)13-6-4-3-5-7-13)17(26)21-12-8-15-18(27)23(2)20(28)24(15)10-12/h9,12-13,15H,3-8,10H2,1-2H3,(H,21,26)/t12-,15-/m0/s1. The molecule has 2 atom stereocenters. The van der Waals surface area contributed by atoms with Gasteiger partial charge in [-0.25, -0.2) is 4.79 Å². The van der Waals surface area contributed by atoms with Crippen molar-refractivity contribution in [2.24, 2.45) is 0 Å². The molecule has 1 N–H and O–H groups in total. The minimum absolute atomic E-state index is 0.139. The van der Waals surface area contributed by atoms with E-state index in [4.69, 9.17) is 5.10 Å². The van der Waals surface area contributed by atoms with Gasteiger partial charge in [0.25, 0.3) is 11.8 Å². The summed E-state index contributed by atoms with van der Waals surface area (Å²) in [4.78, 5) is 41.6. The van der Waals surface area contributed by atoms with Gasteiger partial charge in [0.15, 0.2) is 0 Å². The molecule has 2 aromatic heterocycles. The third-order valence-corrected chi connectivity index (χ3v) is 7.62. The Bertz CT molecular complexity index is 981. The van der Waals surface area contributed by atoms with Gasteiger partial charge >= 0.3 is 6.03 Å². The zero-order chi connectivity index (χ0) is 20.3. The molecular formula is C20H25N5O3S. The summed E-state index contributed by atoms with van der Waals surface area (Å²) in [6.07, 6.45) is 6.51. The Kier molecular flexibility index (Phi) is 4.38. The van der Waals surface area contributed by atoms with Crippen LogP contribution in [0.15, 0.2) is 6.07 Å². The van der Waals surface area contributed by atoms with E-state index in [-0.39, 0.29) is 23.9 Å². The second-order valence-corrected chi connectivity index (χ2v) is 9.44. The fourth-order valence-corrected chi connectivity index (χ4v) is 6.05. The van der Waals surface area contributed by atoms with Crippen LogP contribution < -0.4 is 5.32 Å². The molecule has 1 aliphatic carbocycles. The van der Waals surface area contributed by atoms with Crippen molar-refractivity contribution < 1.29 is 14.4 Å². The highest BCUT2D eigenvalue weighted by molar-refractivity contribution is 7.20. The van der Waals surface area contributed by atoms with Gasteiger partial charge in [-0.1, -0.05) is 19.3 Å². The lowest BCUT2D eigenvalue weighted by Gasteiger charge is -2.22. The first-order valence-electron chi connectivity index (χ1n) is 10.3. The van der Waals surface area contributed by atoms with Gasteiger partial charge in [-0.3, -0.25) is 19.2 Å². The Balaban J connectivity index is 1.33. The molecule has 3 aliphatic rings. The van der Waals surface area contributed by atoms with Gasteiger partial charge in [-0.15, -0.1) is 11.3 Å². The molecule has 2 saturated heterocycles. The molecule has 0 radical (unpaired) electrons. The zero-order valence-corrected chi connectivity index (χ0v) is 17.5. The van der Waals surface area contributed by atoms with E-state index in [2.05, 4.69) is 10.00 Å². The lowest BCUT2D eigenvalue weighted by Crippen LogP contribution is -2.39. The SMILES string of the molecule is Cc1nn(C2CCCCC2)c2sc(C(=O)N[C@H]3C[C@H]4C(=O)N(C)C(=O)N4C3)cc12. The van der Waals surface area contributed by atoms with E-state index in [1.54, 1.807) is 4.90 Å². The van der Waals surface area contributed by atoms with Crippen LogP contribution in [0.5, 0.6) is 0 Å². The number of hydrogen-bond acceptors (Lipinski definition) is 5. The Morgan fingerprint density at radius 1 is 1.24 bits per heavy atom. The van der Waals surface area contributed by atoms with E-state index in [0.717, 1.165) is 33.7 Å². The van der Waals surface area contributed by atoms with Crippen molar-refractivity contribution >= 4 is 39.4 Å². The number of urea groups is 1. The normalized spacial score (nSPS) is 25.3. The molecule has 9 heteroatoms. The second-order valence-electron chi connectivity index (χ2n) is 8.41. The average Bonchev–Trinajstić information content (AvgIpc) is 3.45. The van der Waals surface area contributed by atoms with Gasteiger partial charge in [-0.05, 0) is 32.3 Å².